The van der Waals surface area contributed by atoms with Crippen LogP contribution in [0.5, 0.6) is 5.75 Å². The van der Waals surface area contributed by atoms with Crippen LogP contribution >= 0.6 is 0 Å². The van der Waals surface area contributed by atoms with Gasteiger partial charge < -0.3 is 20.5 Å². The molecule has 0 bridgehead atoms. The van der Waals surface area contributed by atoms with Crippen LogP contribution in [0.3, 0.4) is 0 Å². The molecule has 5 nitrogen and oxygen atoms in total. The smallest absolute Gasteiger partial charge is 0.221 e. The molecule has 3 N–H and O–H groups in total. The third kappa shape index (κ3) is 7.68. The summed E-state index contributed by atoms with van der Waals surface area (Å²) in [6, 6.07) is 7.86. The number of carbonyl (C=O) groups excluding carboxylic acids is 1. The van der Waals surface area contributed by atoms with E-state index < -0.39 is 6.10 Å². The van der Waals surface area contributed by atoms with Gasteiger partial charge in [0.05, 0.1) is 0 Å². The van der Waals surface area contributed by atoms with Gasteiger partial charge in [0.15, 0.2) is 0 Å². The molecule has 0 saturated heterocycles. The predicted octanol–water partition coefficient (Wildman–Crippen LogP) is 1.10. The van der Waals surface area contributed by atoms with E-state index in [4.69, 9.17) is 4.74 Å². The van der Waals surface area contributed by atoms with Crippen molar-refractivity contribution in [1.29, 1.82) is 0 Å². The highest BCUT2D eigenvalue weighted by molar-refractivity contribution is 5.75. The number of aliphatic hydroxyl groups excluding tert-OH is 1. The Morgan fingerprint density at radius 1 is 1.38 bits per heavy atom. The molecule has 0 aliphatic heterocycles. The first-order valence-electron chi connectivity index (χ1n) is 7.52. The first-order chi connectivity index (χ1) is 10.2. The van der Waals surface area contributed by atoms with Crippen LogP contribution < -0.4 is 15.4 Å². The van der Waals surface area contributed by atoms with E-state index in [0.717, 1.165) is 12.2 Å². The van der Waals surface area contributed by atoms with E-state index in [1.807, 2.05) is 31.2 Å². The van der Waals surface area contributed by atoms with Crippen molar-refractivity contribution in [1.82, 2.24) is 10.6 Å². The highest BCUT2D eigenvalue weighted by atomic mass is 16.5. The summed E-state index contributed by atoms with van der Waals surface area (Å²) in [6.45, 7) is 5.82. The summed E-state index contributed by atoms with van der Waals surface area (Å²) in [5, 5.41) is 15.6. The van der Waals surface area contributed by atoms with Gasteiger partial charge in [0.25, 0.3) is 0 Å². The van der Waals surface area contributed by atoms with Crippen LogP contribution in [0.2, 0.25) is 0 Å². The van der Waals surface area contributed by atoms with Crippen molar-refractivity contribution >= 4 is 5.91 Å². The molecule has 1 amide bonds. The van der Waals surface area contributed by atoms with Gasteiger partial charge in [-0.15, -0.1) is 0 Å². The summed E-state index contributed by atoms with van der Waals surface area (Å²) >= 11 is 0. The normalized spacial score (nSPS) is 12.0. The van der Waals surface area contributed by atoms with Gasteiger partial charge in [-0.05, 0) is 31.0 Å². The number of aliphatic hydroxyl groups is 1. The van der Waals surface area contributed by atoms with Crippen molar-refractivity contribution in [3.63, 3.8) is 0 Å². The van der Waals surface area contributed by atoms with E-state index in [1.54, 1.807) is 0 Å². The van der Waals surface area contributed by atoms with Gasteiger partial charge in [0, 0.05) is 26.1 Å². The van der Waals surface area contributed by atoms with Gasteiger partial charge in [-0.1, -0.05) is 19.1 Å². The van der Waals surface area contributed by atoms with Crippen LogP contribution in [0, 0.1) is 0 Å². The molecule has 118 valence electrons. The summed E-state index contributed by atoms with van der Waals surface area (Å²) < 4.78 is 5.56. The Balaban J connectivity index is 2.16. The van der Waals surface area contributed by atoms with E-state index in [0.29, 0.717) is 26.1 Å². The zero-order valence-corrected chi connectivity index (χ0v) is 12.9. The molecule has 5 heteroatoms. The minimum absolute atomic E-state index is 0.0205. The maximum Gasteiger partial charge on any atom is 0.221 e. The highest BCUT2D eigenvalue weighted by Gasteiger charge is 2.06. The number of nitrogens with one attached hydrogen (secondary N) is 2. The molecule has 0 heterocycles. The van der Waals surface area contributed by atoms with Crippen LogP contribution in [0.15, 0.2) is 24.3 Å². The molecule has 0 saturated carbocycles. The number of carbonyl (C=O) groups is 1. The van der Waals surface area contributed by atoms with Gasteiger partial charge in [-0.3, -0.25) is 4.79 Å². The lowest BCUT2D eigenvalue weighted by atomic mass is 10.2. The SMILES string of the molecule is CCNC(=O)CCNCC(O)COc1cccc(CC)c1. The third-order valence-electron chi connectivity index (χ3n) is 3.03. The zero-order chi connectivity index (χ0) is 15.5. The molecule has 0 aliphatic carbocycles. The fourth-order valence-corrected chi connectivity index (χ4v) is 1.86. The lowest BCUT2D eigenvalue weighted by Gasteiger charge is -2.13. The van der Waals surface area contributed by atoms with Gasteiger partial charge >= 0.3 is 0 Å². The number of aryl methyl sites for hydroxylation is 1. The lowest BCUT2D eigenvalue weighted by Crippen LogP contribution is -2.34. The van der Waals surface area contributed by atoms with Gasteiger partial charge in [0.2, 0.25) is 5.91 Å². The molecule has 0 aromatic heterocycles. The molecular weight excluding hydrogens is 268 g/mol. The first-order valence-corrected chi connectivity index (χ1v) is 7.52. The van der Waals surface area contributed by atoms with Crippen LogP contribution in [0.1, 0.15) is 25.8 Å². The number of hydrogen-bond acceptors (Lipinski definition) is 4. The molecule has 1 unspecified atom stereocenters. The van der Waals surface area contributed by atoms with Gasteiger partial charge in [0.1, 0.15) is 18.5 Å². The first kappa shape index (κ1) is 17.5. The zero-order valence-electron chi connectivity index (χ0n) is 12.9. The number of amides is 1. The van der Waals surface area contributed by atoms with Crippen LogP contribution in [0.25, 0.3) is 0 Å². The highest BCUT2D eigenvalue weighted by Crippen LogP contribution is 2.13. The minimum Gasteiger partial charge on any atom is -0.491 e. The number of benzene rings is 1. The maximum atomic E-state index is 11.2. The molecule has 1 aromatic carbocycles. The lowest BCUT2D eigenvalue weighted by molar-refractivity contribution is -0.120. The Morgan fingerprint density at radius 2 is 2.19 bits per heavy atom. The molecule has 1 atom stereocenters. The Morgan fingerprint density at radius 3 is 2.90 bits per heavy atom. The van der Waals surface area contributed by atoms with Crippen LogP contribution in [-0.4, -0.2) is 43.4 Å². The summed E-state index contributed by atoms with van der Waals surface area (Å²) in [4.78, 5) is 11.2. The standard InChI is InChI=1S/C16H26N2O3/c1-3-13-6-5-7-15(10-13)21-12-14(19)11-17-9-8-16(20)18-4-2/h5-7,10,14,17,19H,3-4,8-9,11-12H2,1-2H3,(H,18,20). The summed E-state index contributed by atoms with van der Waals surface area (Å²) in [5.41, 5.74) is 1.21. The Hall–Kier alpha value is -1.59. The van der Waals surface area contributed by atoms with Crippen molar-refractivity contribution in [3.8, 4) is 5.75 Å². The molecule has 1 aromatic rings. The summed E-state index contributed by atoms with van der Waals surface area (Å²) in [6.07, 6.45) is 0.783. The number of rotatable bonds is 10. The maximum absolute atomic E-state index is 11.2. The van der Waals surface area contributed by atoms with Crippen LogP contribution in [0.4, 0.5) is 0 Å². The fraction of sp³-hybridized carbons (Fsp3) is 0.562. The minimum atomic E-state index is -0.593. The average molecular weight is 294 g/mol. The topological polar surface area (TPSA) is 70.6 Å². The molecule has 0 fully saturated rings. The Labute approximate surface area is 126 Å². The molecule has 0 aliphatic rings. The fourth-order valence-electron chi connectivity index (χ4n) is 1.86. The molecule has 0 radical (unpaired) electrons. The second kappa shape index (κ2) is 10.2. The van der Waals surface area contributed by atoms with E-state index >= 15 is 0 Å². The summed E-state index contributed by atoms with van der Waals surface area (Å²) in [7, 11) is 0. The van der Waals surface area contributed by atoms with Crippen molar-refractivity contribution < 1.29 is 14.6 Å². The summed E-state index contributed by atoms with van der Waals surface area (Å²) in [5.74, 6) is 0.794. The van der Waals surface area contributed by atoms with E-state index in [9.17, 15) is 9.90 Å². The second-order valence-corrected chi connectivity index (χ2v) is 4.87. The number of hydrogen-bond donors (Lipinski definition) is 3. The largest absolute Gasteiger partial charge is 0.491 e. The molecule has 0 spiro atoms. The molecule has 1 rings (SSSR count). The Bertz CT molecular complexity index is 424. The third-order valence-corrected chi connectivity index (χ3v) is 3.03. The predicted molar refractivity (Wildman–Crippen MR) is 83.5 cm³/mol. The second-order valence-electron chi connectivity index (χ2n) is 4.87. The van der Waals surface area contributed by atoms with E-state index in [-0.39, 0.29) is 12.5 Å². The molecular formula is C16H26N2O3. The van der Waals surface area contributed by atoms with Crippen LogP contribution in [-0.2, 0) is 11.2 Å². The van der Waals surface area contributed by atoms with E-state index in [2.05, 4.69) is 17.6 Å². The average Bonchev–Trinajstić information content (AvgIpc) is 2.50. The van der Waals surface area contributed by atoms with Crippen molar-refractivity contribution in [2.75, 3.05) is 26.2 Å². The molecule has 21 heavy (non-hydrogen) atoms. The quantitative estimate of drug-likeness (QED) is 0.565. The van der Waals surface area contributed by atoms with Gasteiger partial charge in [-0.2, -0.15) is 0 Å². The van der Waals surface area contributed by atoms with E-state index in [1.165, 1.54) is 5.56 Å². The monoisotopic (exact) mass is 294 g/mol. The number of ether oxygens (including phenoxy) is 1. The van der Waals surface area contributed by atoms with Crippen molar-refractivity contribution in [3.05, 3.63) is 29.8 Å². The van der Waals surface area contributed by atoms with Gasteiger partial charge in [-0.25, -0.2) is 0 Å². The van der Waals surface area contributed by atoms with Crippen molar-refractivity contribution in [2.24, 2.45) is 0 Å². The van der Waals surface area contributed by atoms with Crippen molar-refractivity contribution in [2.45, 2.75) is 32.8 Å². The Kier molecular flexibility index (Phi) is 8.47.